The van der Waals surface area contributed by atoms with Crippen molar-refractivity contribution in [3.05, 3.63) is 54.1 Å². The average molecular weight is 413 g/mol. The van der Waals surface area contributed by atoms with Gasteiger partial charge in [-0.1, -0.05) is 25.1 Å². The number of likely N-dealkylation sites (N-methyl/N-ethyl adjacent to an activating group) is 1. The van der Waals surface area contributed by atoms with Crippen molar-refractivity contribution >= 4 is 11.6 Å². The molecule has 0 saturated carbocycles. The maximum atomic E-state index is 11.5. The molecule has 1 amide bonds. The van der Waals surface area contributed by atoms with Crippen LogP contribution in [-0.4, -0.2) is 36.8 Å². The number of carbonyl (C=O) groups is 1. The number of nitrogens with one attached hydrogen (secondary N) is 1. The van der Waals surface area contributed by atoms with E-state index < -0.39 is 0 Å². The quantitative estimate of drug-likeness (QED) is 0.664. The number of carbonyl (C=O) groups excluding carboxylic acids is 1. The van der Waals surface area contributed by atoms with E-state index in [0.717, 1.165) is 17.7 Å². The van der Waals surface area contributed by atoms with Crippen LogP contribution < -0.4 is 15.0 Å². The van der Waals surface area contributed by atoms with Crippen LogP contribution in [0.2, 0.25) is 0 Å². The maximum absolute atomic E-state index is 11.5. The van der Waals surface area contributed by atoms with Crippen molar-refractivity contribution in [2.24, 2.45) is 0 Å². The van der Waals surface area contributed by atoms with Gasteiger partial charge >= 0.3 is 0 Å². The zero-order chi connectivity index (χ0) is 21.9. The Labute approximate surface area is 181 Å². The molecule has 1 saturated heterocycles. The van der Waals surface area contributed by atoms with Gasteiger partial charge in [0, 0.05) is 31.4 Å². The summed E-state index contributed by atoms with van der Waals surface area (Å²) in [5.41, 5.74) is 2.21. The molecule has 5 nitrogen and oxygen atoms in total. The van der Waals surface area contributed by atoms with Gasteiger partial charge in [-0.05, 0) is 69.9 Å². The van der Waals surface area contributed by atoms with Crippen LogP contribution in [0.4, 0.5) is 5.69 Å². The molecule has 30 heavy (non-hydrogen) atoms. The fourth-order valence-electron chi connectivity index (χ4n) is 3.29. The summed E-state index contributed by atoms with van der Waals surface area (Å²) < 4.78 is 5.84. The highest BCUT2D eigenvalue weighted by Crippen LogP contribution is 2.25. The molecule has 1 aliphatic rings. The molecule has 2 aromatic carbocycles. The molecule has 1 aliphatic heterocycles. The molecule has 3 rings (SSSR count). The predicted molar refractivity (Wildman–Crippen MR) is 123 cm³/mol. The summed E-state index contributed by atoms with van der Waals surface area (Å²) >= 11 is 0. The molecule has 1 heterocycles. The topological polar surface area (TPSA) is 61.8 Å². The van der Waals surface area contributed by atoms with Crippen LogP contribution in [0.5, 0.6) is 11.5 Å². The predicted octanol–water partition coefficient (Wildman–Crippen LogP) is 5.10. The van der Waals surface area contributed by atoms with E-state index in [1.165, 1.54) is 31.6 Å². The highest BCUT2D eigenvalue weighted by atomic mass is 16.5. The largest absolute Gasteiger partial charge is 0.508 e. The van der Waals surface area contributed by atoms with Crippen molar-refractivity contribution in [3.63, 3.8) is 0 Å². The molecule has 5 heteroatoms. The Balaban J connectivity index is 0.000000216. The summed E-state index contributed by atoms with van der Waals surface area (Å²) in [6, 6.07) is 15.2. The summed E-state index contributed by atoms with van der Waals surface area (Å²) in [5.74, 6) is 1.06. The minimum Gasteiger partial charge on any atom is -0.508 e. The van der Waals surface area contributed by atoms with E-state index in [4.69, 9.17) is 9.84 Å². The Morgan fingerprint density at radius 1 is 1.10 bits per heavy atom. The molecule has 1 fully saturated rings. The smallest absolute Gasteiger partial charge is 0.227 e. The van der Waals surface area contributed by atoms with Gasteiger partial charge in [0.25, 0.3) is 0 Å². The van der Waals surface area contributed by atoms with Gasteiger partial charge in [-0.25, -0.2) is 0 Å². The number of hydrogen-bond donors (Lipinski definition) is 2. The van der Waals surface area contributed by atoms with Crippen LogP contribution >= 0.6 is 0 Å². The fourth-order valence-corrected chi connectivity index (χ4v) is 3.29. The highest BCUT2D eigenvalue weighted by Gasteiger charge is 2.14. The Bertz CT molecular complexity index is 770. The van der Waals surface area contributed by atoms with Gasteiger partial charge in [-0.2, -0.15) is 0 Å². The number of nitrogens with zero attached hydrogens (tertiary/aromatic N) is 1. The second-order valence-corrected chi connectivity index (χ2v) is 7.74. The third-order valence-corrected chi connectivity index (χ3v) is 5.34. The second kappa shape index (κ2) is 12.1. The van der Waals surface area contributed by atoms with E-state index in [2.05, 4.69) is 42.3 Å². The molecule has 0 spiro atoms. The van der Waals surface area contributed by atoms with E-state index in [1.807, 2.05) is 19.9 Å². The van der Waals surface area contributed by atoms with Crippen molar-refractivity contribution < 1.29 is 14.6 Å². The average Bonchev–Trinajstić information content (AvgIpc) is 3.29. The van der Waals surface area contributed by atoms with Gasteiger partial charge in [0.1, 0.15) is 11.5 Å². The van der Waals surface area contributed by atoms with Crippen LogP contribution in [0.25, 0.3) is 0 Å². The molecule has 164 valence electrons. The van der Waals surface area contributed by atoms with Crippen LogP contribution in [0.3, 0.4) is 0 Å². The molecule has 0 aromatic heterocycles. The first-order valence-corrected chi connectivity index (χ1v) is 11.0. The Morgan fingerprint density at radius 3 is 2.37 bits per heavy atom. The number of rotatable bonds is 7. The molecule has 2 atom stereocenters. The molecule has 0 bridgehead atoms. The number of ether oxygens (including phenoxy) is 1. The first-order valence-electron chi connectivity index (χ1n) is 11.0. The molecule has 2 N–H and O–H groups in total. The molecule has 0 aliphatic carbocycles. The van der Waals surface area contributed by atoms with E-state index in [9.17, 15) is 4.79 Å². The summed E-state index contributed by atoms with van der Waals surface area (Å²) in [5, 5.41) is 11.8. The summed E-state index contributed by atoms with van der Waals surface area (Å²) in [7, 11) is 0. The normalized spacial score (nSPS) is 15.0. The van der Waals surface area contributed by atoms with E-state index in [0.29, 0.717) is 12.6 Å². The summed E-state index contributed by atoms with van der Waals surface area (Å²) in [6.07, 6.45) is 3.98. The number of phenolic OH excluding ortho intramolecular Hbond substituents is 1. The number of benzene rings is 2. The Morgan fingerprint density at radius 2 is 1.77 bits per heavy atom. The second-order valence-electron chi connectivity index (χ2n) is 7.74. The van der Waals surface area contributed by atoms with Gasteiger partial charge in [0.05, 0.1) is 12.0 Å². The van der Waals surface area contributed by atoms with E-state index in [-0.39, 0.29) is 17.6 Å². The third-order valence-electron chi connectivity index (χ3n) is 5.34. The van der Waals surface area contributed by atoms with Gasteiger partial charge in [0.15, 0.2) is 0 Å². The number of hydrogen-bond acceptors (Lipinski definition) is 4. The van der Waals surface area contributed by atoms with Crippen molar-refractivity contribution in [1.82, 2.24) is 5.32 Å². The zero-order valence-electron chi connectivity index (χ0n) is 18.7. The van der Waals surface area contributed by atoms with Crippen LogP contribution in [-0.2, 0) is 4.79 Å². The van der Waals surface area contributed by atoms with Gasteiger partial charge in [0.2, 0.25) is 5.91 Å². The summed E-state index contributed by atoms with van der Waals surface area (Å²) in [6.45, 7) is 11.0. The lowest BCUT2D eigenvalue weighted by Crippen LogP contribution is -2.27. The molecular weight excluding hydrogens is 376 g/mol. The lowest BCUT2D eigenvalue weighted by molar-refractivity contribution is -0.122. The Kier molecular flexibility index (Phi) is 9.52. The van der Waals surface area contributed by atoms with Crippen LogP contribution in [0.1, 0.15) is 58.4 Å². The zero-order valence-corrected chi connectivity index (χ0v) is 18.7. The monoisotopic (exact) mass is 412 g/mol. The standard InChI is InChI=1S/C14H21NO.C11H15NO2/c1-3-12(2)16-14-8-6-7-13(11-14)15-9-4-5-10-15;1-3-12-11(14)8(2)9-4-6-10(13)7-5-9/h6-8,11-12H,3-5,9-10H2,1-2H3;4-8,13H,3H2,1-2H3,(H,12,14). The molecule has 2 unspecified atom stereocenters. The van der Waals surface area contributed by atoms with E-state index in [1.54, 1.807) is 24.3 Å². The highest BCUT2D eigenvalue weighted by molar-refractivity contribution is 5.83. The number of amides is 1. The minimum absolute atomic E-state index is 0.0122. The lowest BCUT2D eigenvalue weighted by Gasteiger charge is -2.19. The number of phenols is 1. The first kappa shape index (κ1) is 23.6. The maximum Gasteiger partial charge on any atom is 0.227 e. The van der Waals surface area contributed by atoms with Crippen molar-refractivity contribution in [3.8, 4) is 11.5 Å². The lowest BCUT2D eigenvalue weighted by atomic mass is 10.0. The third kappa shape index (κ3) is 7.29. The number of anilines is 1. The first-order chi connectivity index (χ1) is 14.4. The van der Waals surface area contributed by atoms with E-state index >= 15 is 0 Å². The molecule has 0 radical (unpaired) electrons. The summed E-state index contributed by atoms with van der Waals surface area (Å²) in [4.78, 5) is 13.9. The van der Waals surface area contributed by atoms with Gasteiger partial charge < -0.3 is 20.1 Å². The molecular formula is C25H36N2O3. The van der Waals surface area contributed by atoms with Gasteiger partial charge in [-0.15, -0.1) is 0 Å². The fraction of sp³-hybridized carbons (Fsp3) is 0.480. The molecule has 2 aromatic rings. The van der Waals surface area contributed by atoms with Gasteiger partial charge in [-0.3, -0.25) is 4.79 Å². The Hall–Kier alpha value is -2.69. The SMILES string of the molecule is CCC(C)Oc1cccc(N2CCCC2)c1.CCNC(=O)C(C)c1ccc(O)cc1. The van der Waals surface area contributed by atoms with Crippen LogP contribution in [0, 0.1) is 0 Å². The van der Waals surface area contributed by atoms with Crippen molar-refractivity contribution in [1.29, 1.82) is 0 Å². The number of aromatic hydroxyl groups is 1. The van der Waals surface area contributed by atoms with Crippen molar-refractivity contribution in [2.75, 3.05) is 24.5 Å². The van der Waals surface area contributed by atoms with Crippen molar-refractivity contribution in [2.45, 2.75) is 59.0 Å². The van der Waals surface area contributed by atoms with Crippen LogP contribution in [0.15, 0.2) is 48.5 Å². The minimum atomic E-state index is -0.171.